The van der Waals surface area contributed by atoms with Crippen molar-refractivity contribution < 1.29 is 19.1 Å². The summed E-state index contributed by atoms with van der Waals surface area (Å²) in [5.74, 6) is -0.00614. The number of benzene rings is 3. The summed E-state index contributed by atoms with van der Waals surface area (Å²) >= 11 is 0. The Bertz CT molecular complexity index is 952. The molecule has 3 aromatic carbocycles. The van der Waals surface area contributed by atoms with Gasteiger partial charge < -0.3 is 14.8 Å². The van der Waals surface area contributed by atoms with Gasteiger partial charge in [-0.05, 0) is 42.3 Å². The fraction of sp³-hybridized carbons (Fsp3) is 0.167. The van der Waals surface area contributed by atoms with Crippen LogP contribution < -0.4 is 10.1 Å². The molecule has 5 heteroatoms. The zero-order valence-corrected chi connectivity index (χ0v) is 16.3. The van der Waals surface area contributed by atoms with E-state index in [2.05, 4.69) is 5.32 Å². The van der Waals surface area contributed by atoms with Crippen LogP contribution in [0.2, 0.25) is 0 Å². The van der Waals surface area contributed by atoms with E-state index in [1.165, 1.54) is 0 Å². The molecule has 0 aliphatic rings. The van der Waals surface area contributed by atoms with Gasteiger partial charge >= 0.3 is 5.97 Å². The summed E-state index contributed by atoms with van der Waals surface area (Å²) in [6.07, 6.45) is 0.207. The highest BCUT2D eigenvalue weighted by Crippen LogP contribution is 2.21. The third-order valence-corrected chi connectivity index (χ3v) is 4.23. The first-order chi connectivity index (χ1) is 14.2. The third kappa shape index (κ3) is 5.94. The van der Waals surface area contributed by atoms with Crippen LogP contribution in [0.3, 0.4) is 0 Å². The van der Waals surface area contributed by atoms with E-state index in [-0.39, 0.29) is 18.3 Å². The van der Waals surface area contributed by atoms with Crippen LogP contribution in [0.1, 0.15) is 28.4 Å². The van der Waals surface area contributed by atoms with Gasteiger partial charge in [-0.25, -0.2) is 0 Å². The molecule has 1 N–H and O–H groups in total. The van der Waals surface area contributed by atoms with Crippen LogP contribution in [0.15, 0.2) is 78.9 Å². The average molecular weight is 389 g/mol. The molecule has 0 unspecified atom stereocenters. The molecule has 0 fully saturated rings. The Morgan fingerprint density at radius 1 is 0.828 bits per heavy atom. The summed E-state index contributed by atoms with van der Waals surface area (Å²) in [7, 11) is 0. The van der Waals surface area contributed by atoms with E-state index in [0.717, 1.165) is 11.1 Å². The number of hydrogen-bond donors (Lipinski definition) is 1. The molecule has 5 nitrogen and oxygen atoms in total. The smallest absolute Gasteiger partial charge is 0.310 e. The maximum Gasteiger partial charge on any atom is 0.310 e. The van der Waals surface area contributed by atoms with E-state index in [1.807, 2.05) is 36.4 Å². The minimum Gasteiger partial charge on any atom is -0.488 e. The molecule has 1 amide bonds. The van der Waals surface area contributed by atoms with E-state index in [9.17, 15) is 9.59 Å². The molecular formula is C24H23NO4. The highest BCUT2D eigenvalue weighted by molar-refractivity contribution is 6.06. The molecule has 0 spiro atoms. The Labute approximate surface area is 170 Å². The van der Waals surface area contributed by atoms with Gasteiger partial charge in [0.15, 0.2) is 0 Å². The van der Waals surface area contributed by atoms with E-state index in [0.29, 0.717) is 30.2 Å². The van der Waals surface area contributed by atoms with Crippen molar-refractivity contribution in [1.29, 1.82) is 0 Å². The molecule has 0 aliphatic carbocycles. The van der Waals surface area contributed by atoms with Crippen LogP contribution in [-0.4, -0.2) is 18.5 Å². The Morgan fingerprint density at radius 2 is 1.52 bits per heavy atom. The third-order valence-electron chi connectivity index (χ3n) is 4.23. The maximum absolute atomic E-state index is 12.7. The van der Waals surface area contributed by atoms with Gasteiger partial charge in [0, 0.05) is 5.69 Å². The second kappa shape index (κ2) is 10.1. The highest BCUT2D eigenvalue weighted by Gasteiger charge is 2.13. The van der Waals surface area contributed by atoms with E-state index in [1.54, 1.807) is 49.4 Å². The molecule has 148 valence electrons. The van der Waals surface area contributed by atoms with Crippen LogP contribution in [0, 0.1) is 0 Å². The Kier molecular flexibility index (Phi) is 7.00. The average Bonchev–Trinajstić information content (AvgIpc) is 2.75. The van der Waals surface area contributed by atoms with Crippen molar-refractivity contribution in [1.82, 2.24) is 0 Å². The Hall–Kier alpha value is -3.60. The second-order valence-corrected chi connectivity index (χ2v) is 6.40. The molecule has 3 aromatic rings. The van der Waals surface area contributed by atoms with Crippen LogP contribution in [0.4, 0.5) is 5.69 Å². The van der Waals surface area contributed by atoms with E-state index < -0.39 is 0 Å². The summed E-state index contributed by atoms with van der Waals surface area (Å²) in [6, 6.07) is 24.0. The number of anilines is 1. The van der Waals surface area contributed by atoms with E-state index in [4.69, 9.17) is 9.47 Å². The minimum atomic E-state index is -0.270. The minimum absolute atomic E-state index is 0.207. The van der Waals surface area contributed by atoms with Gasteiger partial charge in [0.1, 0.15) is 12.4 Å². The molecule has 0 heterocycles. The number of carbonyl (C=O) groups excluding carboxylic acids is 2. The highest BCUT2D eigenvalue weighted by atomic mass is 16.5. The molecule has 29 heavy (non-hydrogen) atoms. The van der Waals surface area contributed by atoms with Crippen LogP contribution in [0.5, 0.6) is 5.75 Å². The summed E-state index contributed by atoms with van der Waals surface area (Å²) in [6.45, 7) is 2.52. The van der Waals surface area contributed by atoms with Gasteiger partial charge in [-0.15, -0.1) is 0 Å². The van der Waals surface area contributed by atoms with Crippen molar-refractivity contribution in [3.8, 4) is 5.75 Å². The maximum atomic E-state index is 12.7. The lowest BCUT2D eigenvalue weighted by molar-refractivity contribution is -0.142. The predicted octanol–water partition coefficient (Wildman–Crippen LogP) is 4.62. The second-order valence-electron chi connectivity index (χ2n) is 6.40. The summed E-state index contributed by atoms with van der Waals surface area (Å²) in [4.78, 5) is 24.3. The van der Waals surface area contributed by atoms with Crippen molar-refractivity contribution in [2.24, 2.45) is 0 Å². The Balaban J connectivity index is 1.64. The number of esters is 1. The fourth-order valence-electron chi connectivity index (χ4n) is 2.80. The van der Waals surface area contributed by atoms with Gasteiger partial charge in [-0.3, -0.25) is 9.59 Å². The molecule has 3 rings (SSSR count). The van der Waals surface area contributed by atoms with Gasteiger partial charge in [0.25, 0.3) is 5.91 Å². The quantitative estimate of drug-likeness (QED) is 0.571. The molecular weight excluding hydrogens is 366 g/mol. The summed E-state index contributed by atoms with van der Waals surface area (Å²) in [5.41, 5.74) is 2.95. The zero-order chi connectivity index (χ0) is 20.5. The predicted molar refractivity (Wildman–Crippen MR) is 112 cm³/mol. The monoisotopic (exact) mass is 389 g/mol. The van der Waals surface area contributed by atoms with Gasteiger partial charge in [0.2, 0.25) is 0 Å². The molecule has 0 radical (unpaired) electrons. The molecule has 0 saturated carbocycles. The number of amides is 1. The van der Waals surface area contributed by atoms with Crippen LogP contribution in [-0.2, 0) is 22.6 Å². The number of carbonyl (C=O) groups is 2. The van der Waals surface area contributed by atoms with Crippen molar-refractivity contribution in [2.45, 2.75) is 20.0 Å². The SMILES string of the molecule is CCOC(=O)Cc1ccc(NC(=O)c2ccccc2OCc2ccccc2)cc1. The van der Waals surface area contributed by atoms with Crippen molar-refractivity contribution in [3.63, 3.8) is 0 Å². The number of nitrogens with one attached hydrogen (secondary N) is 1. The van der Waals surface area contributed by atoms with Crippen molar-refractivity contribution >= 4 is 17.6 Å². The summed E-state index contributed by atoms with van der Waals surface area (Å²) in [5, 5.41) is 2.87. The normalized spacial score (nSPS) is 10.2. The zero-order valence-electron chi connectivity index (χ0n) is 16.3. The lowest BCUT2D eigenvalue weighted by atomic mass is 10.1. The lowest BCUT2D eigenvalue weighted by Crippen LogP contribution is -2.14. The number of ether oxygens (including phenoxy) is 2. The standard InChI is InChI=1S/C24H23NO4/c1-2-28-23(26)16-18-12-14-20(15-13-18)25-24(27)21-10-6-7-11-22(21)29-17-19-8-4-3-5-9-19/h3-15H,2,16-17H2,1H3,(H,25,27). The van der Waals surface area contributed by atoms with Gasteiger partial charge in [-0.1, -0.05) is 54.6 Å². The number of rotatable bonds is 8. The number of para-hydroxylation sites is 1. The van der Waals surface area contributed by atoms with Gasteiger partial charge in [0.05, 0.1) is 18.6 Å². The summed E-state index contributed by atoms with van der Waals surface area (Å²) < 4.78 is 10.8. The molecule has 0 aromatic heterocycles. The van der Waals surface area contributed by atoms with Crippen LogP contribution in [0.25, 0.3) is 0 Å². The fourth-order valence-corrected chi connectivity index (χ4v) is 2.80. The molecule has 0 aliphatic heterocycles. The van der Waals surface area contributed by atoms with Crippen molar-refractivity contribution in [2.75, 3.05) is 11.9 Å². The van der Waals surface area contributed by atoms with Crippen molar-refractivity contribution in [3.05, 3.63) is 95.6 Å². The first-order valence-corrected chi connectivity index (χ1v) is 9.47. The van der Waals surface area contributed by atoms with Gasteiger partial charge in [-0.2, -0.15) is 0 Å². The molecule has 0 saturated heterocycles. The topological polar surface area (TPSA) is 64.6 Å². The first kappa shape index (κ1) is 20.1. The molecule has 0 atom stereocenters. The lowest BCUT2D eigenvalue weighted by Gasteiger charge is -2.12. The molecule has 0 bridgehead atoms. The van der Waals surface area contributed by atoms with E-state index >= 15 is 0 Å². The largest absolute Gasteiger partial charge is 0.488 e. The van der Waals surface area contributed by atoms with Crippen LogP contribution >= 0.6 is 0 Å². The first-order valence-electron chi connectivity index (χ1n) is 9.47. The Morgan fingerprint density at radius 3 is 2.24 bits per heavy atom. The number of hydrogen-bond acceptors (Lipinski definition) is 4.